The van der Waals surface area contributed by atoms with E-state index in [0.29, 0.717) is 5.41 Å². The molecule has 3 heterocycles. The van der Waals surface area contributed by atoms with Crippen LogP contribution in [0.25, 0.3) is 5.52 Å². The fraction of sp³-hybridized carbons (Fsp3) is 0.600. The lowest BCUT2D eigenvalue weighted by atomic mass is 9.71. The molecule has 1 aliphatic heterocycles. The lowest BCUT2D eigenvalue weighted by Crippen LogP contribution is -2.56. The molecule has 19 heavy (non-hydrogen) atoms. The molecule has 0 saturated carbocycles. The number of nitrogens with zero attached hydrogens (tertiary/aromatic N) is 4. The third-order valence-corrected chi connectivity index (χ3v) is 4.31. The minimum absolute atomic E-state index is 0.512. The van der Waals surface area contributed by atoms with Crippen LogP contribution in [-0.4, -0.2) is 27.7 Å². The summed E-state index contributed by atoms with van der Waals surface area (Å²) in [4.78, 5) is 6.60. The monoisotopic (exact) mass is 258 g/mol. The van der Waals surface area contributed by atoms with Gasteiger partial charge in [-0.2, -0.15) is 5.10 Å². The van der Waals surface area contributed by atoms with Crippen molar-refractivity contribution in [1.82, 2.24) is 14.6 Å². The van der Waals surface area contributed by atoms with E-state index in [0.717, 1.165) is 24.5 Å². The fourth-order valence-corrected chi connectivity index (χ4v) is 3.40. The number of hydrogen-bond donors (Lipinski definition) is 0. The van der Waals surface area contributed by atoms with Crippen LogP contribution in [0.3, 0.4) is 0 Å². The molecule has 0 amide bonds. The first kappa shape index (κ1) is 12.5. The zero-order valence-electron chi connectivity index (χ0n) is 12.0. The highest BCUT2D eigenvalue weighted by atomic mass is 15.3. The average Bonchev–Trinajstić information content (AvgIpc) is 2.76. The molecule has 102 valence electrons. The van der Waals surface area contributed by atoms with E-state index in [1.54, 1.807) is 6.33 Å². The van der Waals surface area contributed by atoms with Gasteiger partial charge in [0.1, 0.15) is 11.8 Å². The molecule has 1 fully saturated rings. The molecular weight excluding hydrogens is 236 g/mol. The highest BCUT2D eigenvalue weighted by Crippen LogP contribution is 2.43. The van der Waals surface area contributed by atoms with Crippen molar-refractivity contribution in [3.05, 3.63) is 24.8 Å². The number of fused-ring (bicyclic) bond motifs is 1. The molecule has 0 atom stereocenters. The summed E-state index contributed by atoms with van der Waals surface area (Å²) in [5.41, 5.74) is 2.89. The summed E-state index contributed by atoms with van der Waals surface area (Å²) in [6, 6.07) is 2.15. The van der Waals surface area contributed by atoms with Gasteiger partial charge in [0.2, 0.25) is 0 Å². The summed E-state index contributed by atoms with van der Waals surface area (Å²) >= 11 is 0. The Labute approximate surface area is 114 Å². The summed E-state index contributed by atoms with van der Waals surface area (Å²) in [6.07, 6.45) is 8.09. The van der Waals surface area contributed by atoms with Crippen LogP contribution >= 0.6 is 0 Å². The minimum Gasteiger partial charge on any atom is -0.368 e. The zero-order chi connectivity index (χ0) is 13.5. The summed E-state index contributed by atoms with van der Waals surface area (Å²) in [5, 5.41) is 4.23. The second-order valence-corrected chi connectivity index (χ2v) is 6.25. The molecule has 2 aromatic rings. The summed E-state index contributed by atoms with van der Waals surface area (Å²) in [6.45, 7) is 9.29. The quantitative estimate of drug-likeness (QED) is 0.845. The van der Waals surface area contributed by atoms with Gasteiger partial charge in [0.25, 0.3) is 0 Å². The number of aromatic nitrogens is 3. The standard InChI is InChI=1S/C15H22N4/c1-4-15(7-12(2)3)9-18(10-15)13-5-6-19-14(13)8-16-11-17-19/h5-6,8,11-12H,4,7,9-10H2,1-3H3. The molecule has 1 saturated heterocycles. The van der Waals surface area contributed by atoms with Crippen LogP contribution in [0.15, 0.2) is 24.8 Å². The Balaban J connectivity index is 1.80. The summed E-state index contributed by atoms with van der Waals surface area (Å²) in [5.74, 6) is 0.774. The highest BCUT2D eigenvalue weighted by molar-refractivity contribution is 5.73. The van der Waals surface area contributed by atoms with E-state index in [9.17, 15) is 0 Å². The van der Waals surface area contributed by atoms with E-state index in [-0.39, 0.29) is 0 Å². The Morgan fingerprint density at radius 2 is 2.16 bits per heavy atom. The average molecular weight is 258 g/mol. The van der Waals surface area contributed by atoms with Crippen molar-refractivity contribution in [3.8, 4) is 0 Å². The molecule has 0 radical (unpaired) electrons. The number of anilines is 1. The maximum Gasteiger partial charge on any atom is 0.136 e. The van der Waals surface area contributed by atoms with Crippen molar-refractivity contribution in [3.63, 3.8) is 0 Å². The first-order valence-corrected chi connectivity index (χ1v) is 7.16. The third kappa shape index (κ3) is 2.09. The van der Waals surface area contributed by atoms with Crippen LogP contribution in [0.2, 0.25) is 0 Å². The first-order valence-electron chi connectivity index (χ1n) is 7.16. The van der Waals surface area contributed by atoms with Crippen LogP contribution in [0, 0.1) is 11.3 Å². The Kier molecular flexibility index (Phi) is 2.96. The molecule has 0 unspecified atom stereocenters. The normalized spacial score (nSPS) is 18.0. The molecule has 3 rings (SSSR count). The van der Waals surface area contributed by atoms with Gasteiger partial charge in [-0.15, -0.1) is 0 Å². The lowest BCUT2D eigenvalue weighted by molar-refractivity contribution is 0.161. The van der Waals surface area contributed by atoms with Crippen LogP contribution in [0.1, 0.15) is 33.6 Å². The van der Waals surface area contributed by atoms with Gasteiger partial charge in [-0.25, -0.2) is 9.50 Å². The minimum atomic E-state index is 0.512. The fourth-order valence-electron chi connectivity index (χ4n) is 3.40. The van der Waals surface area contributed by atoms with Gasteiger partial charge in [0.15, 0.2) is 0 Å². The van der Waals surface area contributed by atoms with E-state index in [4.69, 9.17) is 0 Å². The Bertz CT molecular complexity index is 566. The largest absolute Gasteiger partial charge is 0.368 e. The van der Waals surface area contributed by atoms with E-state index >= 15 is 0 Å². The Morgan fingerprint density at radius 1 is 1.37 bits per heavy atom. The second kappa shape index (κ2) is 4.51. The molecule has 4 heteroatoms. The molecule has 0 aromatic carbocycles. The predicted octanol–water partition coefficient (Wildman–Crippen LogP) is 2.99. The van der Waals surface area contributed by atoms with Gasteiger partial charge in [0, 0.05) is 24.7 Å². The lowest BCUT2D eigenvalue weighted by Gasteiger charge is -2.52. The third-order valence-electron chi connectivity index (χ3n) is 4.31. The smallest absolute Gasteiger partial charge is 0.136 e. The first-order chi connectivity index (χ1) is 9.13. The molecule has 2 aromatic heterocycles. The van der Waals surface area contributed by atoms with Gasteiger partial charge in [-0.1, -0.05) is 20.8 Å². The van der Waals surface area contributed by atoms with Crippen molar-refractivity contribution < 1.29 is 0 Å². The van der Waals surface area contributed by atoms with Gasteiger partial charge in [-0.05, 0) is 24.8 Å². The highest BCUT2D eigenvalue weighted by Gasteiger charge is 2.42. The topological polar surface area (TPSA) is 33.4 Å². The molecular formula is C15H22N4. The molecule has 4 nitrogen and oxygen atoms in total. The molecule has 0 aliphatic carbocycles. The Morgan fingerprint density at radius 3 is 2.84 bits per heavy atom. The van der Waals surface area contributed by atoms with Gasteiger partial charge >= 0.3 is 0 Å². The van der Waals surface area contributed by atoms with Crippen LogP contribution in [-0.2, 0) is 0 Å². The SMILES string of the molecule is CCC1(CC(C)C)CN(c2ccn3ncncc23)C1. The van der Waals surface area contributed by atoms with Crippen LogP contribution in [0.5, 0.6) is 0 Å². The van der Waals surface area contributed by atoms with E-state index in [2.05, 4.69) is 41.8 Å². The molecule has 0 bridgehead atoms. The van der Waals surface area contributed by atoms with Crippen molar-refractivity contribution in [2.45, 2.75) is 33.6 Å². The maximum atomic E-state index is 4.23. The molecule has 1 aliphatic rings. The van der Waals surface area contributed by atoms with Crippen molar-refractivity contribution >= 4 is 11.2 Å². The second-order valence-electron chi connectivity index (χ2n) is 6.25. The van der Waals surface area contributed by atoms with Gasteiger partial charge < -0.3 is 4.90 Å². The Hall–Kier alpha value is -1.58. The van der Waals surface area contributed by atoms with Crippen molar-refractivity contribution in [2.75, 3.05) is 18.0 Å². The van der Waals surface area contributed by atoms with E-state index in [1.807, 2.05) is 16.9 Å². The summed E-state index contributed by atoms with van der Waals surface area (Å²) in [7, 11) is 0. The van der Waals surface area contributed by atoms with E-state index < -0.39 is 0 Å². The molecule has 0 spiro atoms. The van der Waals surface area contributed by atoms with Crippen LogP contribution in [0.4, 0.5) is 5.69 Å². The van der Waals surface area contributed by atoms with Crippen molar-refractivity contribution in [1.29, 1.82) is 0 Å². The number of rotatable bonds is 4. The summed E-state index contributed by atoms with van der Waals surface area (Å²) < 4.78 is 1.90. The molecule has 0 N–H and O–H groups in total. The zero-order valence-corrected chi connectivity index (χ0v) is 12.0. The van der Waals surface area contributed by atoms with Crippen LogP contribution < -0.4 is 4.90 Å². The van der Waals surface area contributed by atoms with E-state index in [1.165, 1.54) is 18.5 Å². The van der Waals surface area contributed by atoms with Gasteiger partial charge in [0.05, 0.1) is 11.9 Å². The van der Waals surface area contributed by atoms with Crippen molar-refractivity contribution in [2.24, 2.45) is 11.3 Å². The number of hydrogen-bond acceptors (Lipinski definition) is 3. The maximum absolute atomic E-state index is 4.23. The van der Waals surface area contributed by atoms with Gasteiger partial charge in [-0.3, -0.25) is 0 Å². The predicted molar refractivity (Wildman–Crippen MR) is 77.4 cm³/mol.